The first-order valence-electron chi connectivity index (χ1n) is 6.34. The summed E-state index contributed by atoms with van der Waals surface area (Å²) in [6, 6.07) is 0. The molecule has 2 unspecified atom stereocenters. The second-order valence-electron chi connectivity index (χ2n) is 4.96. The SMILES string of the molecule is CC1COCCC1CNC1=NCCCN1C. The molecule has 0 spiro atoms. The number of hydrogen-bond donors (Lipinski definition) is 1. The molecule has 1 fully saturated rings. The lowest BCUT2D eigenvalue weighted by Crippen LogP contribution is -2.45. The van der Waals surface area contributed by atoms with E-state index in [9.17, 15) is 0 Å². The Morgan fingerprint density at radius 3 is 3.19 bits per heavy atom. The summed E-state index contributed by atoms with van der Waals surface area (Å²) in [5, 5.41) is 3.49. The molecule has 0 aromatic heterocycles. The molecule has 1 N–H and O–H groups in total. The average molecular weight is 225 g/mol. The predicted octanol–water partition coefficient (Wildman–Crippen LogP) is 0.940. The van der Waals surface area contributed by atoms with Crippen LogP contribution < -0.4 is 5.32 Å². The van der Waals surface area contributed by atoms with Gasteiger partial charge in [-0.1, -0.05) is 6.92 Å². The quantitative estimate of drug-likeness (QED) is 0.760. The Kier molecular flexibility index (Phi) is 4.04. The van der Waals surface area contributed by atoms with Gasteiger partial charge >= 0.3 is 0 Å². The number of aliphatic imine (C=N–C) groups is 1. The normalized spacial score (nSPS) is 31.1. The minimum atomic E-state index is 0.663. The molecule has 0 aromatic rings. The molecule has 2 aliphatic rings. The lowest BCUT2D eigenvalue weighted by Gasteiger charge is -2.31. The van der Waals surface area contributed by atoms with E-state index in [1.807, 2.05) is 0 Å². The van der Waals surface area contributed by atoms with Crippen LogP contribution in [0, 0.1) is 11.8 Å². The number of guanidine groups is 1. The second kappa shape index (κ2) is 5.53. The van der Waals surface area contributed by atoms with E-state index in [1.54, 1.807) is 0 Å². The van der Waals surface area contributed by atoms with Crippen molar-refractivity contribution in [3.8, 4) is 0 Å². The molecule has 0 aliphatic carbocycles. The van der Waals surface area contributed by atoms with Gasteiger partial charge in [-0.25, -0.2) is 0 Å². The maximum absolute atomic E-state index is 5.46. The third kappa shape index (κ3) is 2.88. The van der Waals surface area contributed by atoms with Crippen LogP contribution in [0.2, 0.25) is 0 Å². The lowest BCUT2D eigenvalue weighted by molar-refractivity contribution is 0.0256. The minimum Gasteiger partial charge on any atom is -0.381 e. The zero-order valence-electron chi connectivity index (χ0n) is 10.4. The third-order valence-electron chi connectivity index (χ3n) is 3.62. The van der Waals surface area contributed by atoms with Gasteiger partial charge in [0, 0.05) is 39.9 Å². The van der Waals surface area contributed by atoms with Gasteiger partial charge in [0.2, 0.25) is 0 Å². The molecule has 92 valence electrons. The molecule has 2 heterocycles. The van der Waals surface area contributed by atoms with Crippen LogP contribution in [-0.2, 0) is 4.74 Å². The Hall–Kier alpha value is -0.770. The number of ether oxygens (including phenoxy) is 1. The number of rotatable bonds is 2. The summed E-state index contributed by atoms with van der Waals surface area (Å²) in [5.41, 5.74) is 0. The molecule has 0 amide bonds. The van der Waals surface area contributed by atoms with Gasteiger partial charge in [-0.15, -0.1) is 0 Å². The van der Waals surface area contributed by atoms with Crippen molar-refractivity contribution < 1.29 is 4.74 Å². The fourth-order valence-corrected chi connectivity index (χ4v) is 2.36. The van der Waals surface area contributed by atoms with Crippen LogP contribution in [0.5, 0.6) is 0 Å². The largest absolute Gasteiger partial charge is 0.381 e. The fraction of sp³-hybridized carbons (Fsp3) is 0.917. The Morgan fingerprint density at radius 1 is 1.56 bits per heavy atom. The molecular weight excluding hydrogens is 202 g/mol. The molecule has 1 saturated heterocycles. The maximum atomic E-state index is 5.46. The summed E-state index contributed by atoms with van der Waals surface area (Å²) < 4.78 is 5.46. The molecule has 0 saturated carbocycles. The van der Waals surface area contributed by atoms with Crippen LogP contribution in [0.4, 0.5) is 0 Å². The van der Waals surface area contributed by atoms with Gasteiger partial charge in [-0.3, -0.25) is 4.99 Å². The van der Waals surface area contributed by atoms with E-state index in [4.69, 9.17) is 4.74 Å². The van der Waals surface area contributed by atoms with Crippen molar-refractivity contribution >= 4 is 5.96 Å². The van der Waals surface area contributed by atoms with Crippen LogP contribution in [0.15, 0.2) is 4.99 Å². The van der Waals surface area contributed by atoms with Crippen molar-refractivity contribution in [1.29, 1.82) is 0 Å². The van der Waals surface area contributed by atoms with E-state index in [0.29, 0.717) is 5.92 Å². The molecule has 0 radical (unpaired) electrons. The minimum absolute atomic E-state index is 0.663. The monoisotopic (exact) mass is 225 g/mol. The second-order valence-corrected chi connectivity index (χ2v) is 4.96. The first kappa shape index (κ1) is 11.7. The van der Waals surface area contributed by atoms with Crippen LogP contribution in [0.1, 0.15) is 19.8 Å². The Bertz CT molecular complexity index is 255. The number of hydrogen-bond acceptors (Lipinski definition) is 4. The summed E-state index contributed by atoms with van der Waals surface area (Å²) in [7, 11) is 2.11. The van der Waals surface area contributed by atoms with Crippen LogP contribution >= 0.6 is 0 Å². The van der Waals surface area contributed by atoms with Crippen molar-refractivity contribution in [2.45, 2.75) is 19.8 Å². The topological polar surface area (TPSA) is 36.9 Å². The average Bonchev–Trinajstić information content (AvgIpc) is 2.30. The van der Waals surface area contributed by atoms with Gasteiger partial charge in [0.15, 0.2) is 5.96 Å². The smallest absolute Gasteiger partial charge is 0.193 e. The van der Waals surface area contributed by atoms with Crippen LogP contribution in [-0.4, -0.2) is 50.8 Å². The summed E-state index contributed by atoms with van der Waals surface area (Å²) in [5.74, 6) is 2.47. The molecule has 4 nitrogen and oxygen atoms in total. The van der Waals surface area contributed by atoms with Gasteiger partial charge in [-0.2, -0.15) is 0 Å². The van der Waals surface area contributed by atoms with Gasteiger partial charge in [0.1, 0.15) is 0 Å². The van der Waals surface area contributed by atoms with Gasteiger partial charge in [0.25, 0.3) is 0 Å². The van der Waals surface area contributed by atoms with Gasteiger partial charge in [-0.05, 0) is 24.7 Å². The van der Waals surface area contributed by atoms with Gasteiger partial charge in [0.05, 0.1) is 0 Å². The summed E-state index contributed by atoms with van der Waals surface area (Å²) in [4.78, 5) is 6.74. The van der Waals surface area contributed by atoms with Crippen molar-refractivity contribution in [1.82, 2.24) is 10.2 Å². The fourth-order valence-electron chi connectivity index (χ4n) is 2.36. The van der Waals surface area contributed by atoms with E-state index in [-0.39, 0.29) is 0 Å². The number of nitrogens with zero attached hydrogens (tertiary/aromatic N) is 2. The first-order valence-corrected chi connectivity index (χ1v) is 6.34. The van der Waals surface area contributed by atoms with Crippen molar-refractivity contribution in [3.63, 3.8) is 0 Å². The lowest BCUT2D eigenvalue weighted by atomic mass is 9.90. The van der Waals surface area contributed by atoms with E-state index in [1.165, 1.54) is 12.8 Å². The van der Waals surface area contributed by atoms with Crippen molar-refractivity contribution in [3.05, 3.63) is 0 Å². The predicted molar refractivity (Wildman–Crippen MR) is 65.6 cm³/mol. The van der Waals surface area contributed by atoms with E-state index in [0.717, 1.165) is 44.7 Å². The Morgan fingerprint density at radius 2 is 2.44 bits per heavy atom. The first-order chi connectivity index (χ1) is 7.77. The standard InChI is InChI=1S/C12H23N3O/c1-10-9-16-7-4-11(10)8-14-12-13-5-3-6-15(12)2/h10-11H,3-9H2,1-2H3,(H,13,14). The van der Waals surface area contributed by atoms with E-state index >= 15 is 0 Å². The molecule has 2 rings (SSSR count). The van der Waals surface area contributed by atoms with Crippen molar-refractivity contribution in [2.24, 2.45) is 16.8 Å². The third-order valence-corrected chi connectivity index (χ3v) is 3.62. The molecule has 16 heavy (non-hydrogen) atoms. The van der Waals surface area contributed by atoms with E-state index in [2.05, 4.69) is 29.2 Å². The summed E-state index contributed by atoms with van der Waals surface area (Å²) in [6.45, 7) is 7.23. The zero-order valence-corrected chi connectivity index (χ0v) is 10.4. The van der Waals surface area contributed by atoms with E-state index < -0.39 is 0 Å². The molecule has 2 atom stereocenters. The zero-order chi connectivity index (χ0) is 11.4. The van der Waals surface area contributed by atoms with Crippen LogP contribution in [0.3, 0.4) is 0 Å². The maximum Gasteiger partial charge on any atom is 0.193 e. The highest BCUT2D eigenvalue weighted by Gasteiger charge is 2.22. The number of nitrogens with one attached hydrogen (secondary N) is 1. The highest BCUT2D eigenvalue weighted by molar-refractivity contribution is 5.80. The highest BCUT2D eigenvalue weighted by atomic mass is 16.5. The van der Waals surface area contributed by atoms with Gasteiger partial charge < -0.3 is 15.0 Å². The molecule has 0 bridgehead atoms. The summed E-state index contributed by atoms with van der Waals surface area (Å²) in [6.07, 6.45) is 2.35. The molecule has 0 aromatic carbocycles. The highest BCUT2D eigenvalue weighted by Crippen LogP contribution is 2.20. The summed E-state index contributed by atoms with van der Waals surface area (Å²) >= 11 is 0. The molecule has 2 aliphatic heterocycles. The molecule has 4 heteroatoms. The Labute approximate surface area is 98.1 Å². The van der Waals surface area contributed by atoms with Crippen LogP contribution in [0.25, 0.3) is 0 Å². The molecular formula is C12H23N3O. The Balaban J connectivity index is 1.79. The van der Waals surface area contributed by atoms with Crippen molar-refractivity contribution in [2.75, 3.05) is 39.9 Å².